The summed E-state index contributed by atoms with van der Waals surface area (Å²) in [4.78, 5) is 17.3. The van der Waals surface area contributed by atoms with Gasteiger partial charge in [-0.05, 0) is 49.6 Å². The van der Waals surface area contributed by atoms with Gasteiger partial charge in [0.2, 0.25) is 0 Å². The van der Waals surface area contributed by atoms with Crippen molar-refractivity contribution in [2.75, 3.05) is 26.7 Å². The molecule has 1 saturated heterocycles. The topological polar surface area (TPSA) is 65.1 Å². The molecule has 140 valence electrons. The average molecular weight is 363 g/mol. The number of nitrogens with one attached hydrogen (secondary N) is 1. The molecule has 2 aromatic carbocycles. The van der Waals surface area contributed by atoms with E-state index in [9.17, 15) is 4.79 Å². The van der Waals surface area contributed by atoms with Gasteiger partial charge in [0.1, 0.15) is 11.0 Å². The molecular weight excluding hydrogens is 338 g/mol. The number of carbonyl (C=O) groups excluding carboxylic acids is 1. The van der Waals surface area contributed by atoms with Crippen LogP contribution in [0, 0.1) is 0 Å². The Morgan fingerprint density at radius 3 is 2.85 bits per heavy atom. The van der Waals surface area contributed by atoms with Crippen molar-refractivity contribution in [3.05, 3.63) is 59.7 Å². The Bertz CT molecular complexity index is 907. The lowest BCUT2D eigenvalue weighted by Crippen LogP contribution is -2.49. The van der Waals surface area contributed by atoms with Crippen LogP contribution in [0.5, 0.6) is 0 Å². The number of piperidine rings is 1. The zero-order valence-corrected chi connectivity index (χ0v) is 15.6. The summed E-state index contributed by atoms with van der Waals surface area (Å²) in [7, 11) is 1.92. The van der Waals surface area contributed by atoms with Gasteiger partial charge in [-0.15, -0.1) is 0 Å². The molecule has 0 saturated carbocycles. The first-order valence-electron chi connectivity index (χ1n) is 9.55. The number of fused-ring (bicyclic) bond motifs is 1. The summed E-state index contributed by atoms with van der Waals surface area (Å²) in [6, 6.07) is 16.3. The fourth-order valence-electron chi connectivity index (χ4n) is 3.82. The molecule has 0 radical (unpaired) electrons. The third-order valence-electron chi connectivity index (χ3n) is 5.47. The van der Waals surface area contributed by atoms with E-state index in [2.05, 4.69) is 50.6 Å². The molecule has 0 spiro atoms. The van der Waals surface area contributed by atoms with E-state index < -0.39 is 0 Å². The van der Waals surface area contributed by atoms with E-state index in [1.807, 2.05) is 30.1 Å². The number of H-pyrrole nitrogens is 1. The van der Waals surface area contributed by atoms with Crippen molar-refractivity contribution in [3.63, 3.8) is 0 Å². The highest BCUT2D eigenvalue weighted by Gasteiger charge is 2.26. The van der Waals surface area contributed by atoms with Crippen molar-refractivity contribution >= 4 is 16.9 Å². The van der Waals surface area contributed by atoms with E-state index in [-0.39, 0.29) is 11.9 Å². The van der Waals surface area contributed by atoms with Crippen LogP contribution in [0.1, 0.15) is 28.8 Å². The molecule has 6 heteroatoms. The van der Waals surface area contributed by atoms with Gasteiger partial charge in [-0.2, -0.15) is 15.4 Å². The number of hydrogen-bond acceptors (Lipinski definition) is 4. The van der Waals surface area contributed by atoms with Crippen LogP contribution in [0.3, 0.4) is 0 Å². The summed E-state index contributed by atoms with van der Waals surface area (Å²) in [6.07, 6.45) is 3.23. The fraction of sp³-hybridized carbons (Fsp3) is 0.381. The number of likely N-dealkylation sites (N-methyl/N-ethyl adjacent to an activating group) is 1. The highest BCUT2D eigenvalue weighted by molar-refractivity contribution is 5.97. The van der Waals surface area contributed by atoms with Crippen LogP contribution in [0.15, 0.2) is 48.5 Å². The molecule has 27 heavy (non-hydrogen) atoms. The van der Waals surface area contributed by atoms with E-state index in [4.69, 9.17) is 0 Å². The van der Waals surface area contributed by atoms with Gasteiger partial charge in [0, 0.05) is 31.7 Å². The predicted molar refractivity (Wildman–Crippen MR) is 106 cm³/mol. The monoisotopic (exact) mass is 363 g/mol. The maximum atomic E-state index is 12.9. The Morgan fingerprint density at radius 2 is 2.00 bits per heavy atom. The Balaban J connectivity index is 1.38. The molecular formula is C21H25N5O. The highest BCUT2D eigenvalue weighted by Crippen LogP contribution is 2.19. The molecule has 1 aliphatic heterocycles. The normalized spacial score (nSPS) is 17.9. The highest BCUT2D eigenvalue weighted by atomic mass is 16.2. The largest absolute Gasteiger partial charge is 0.337 e. The number of nitrogens with zero attached hydrogens (tertiary/aromatic N) is 4. The molecule has 1 amide bonds. The number of rotatable bonds is 5. The zero-order chi connectivity index (χ0) is 18.6. The minimum absolute atomic E-state index is 0.0507. The van der Waals surface area contributed by atoms with Gasteiger partial charge in [-0.3, -0.25) is 4.79 Å². The number of benzene rings is 2. The summed E-state index contributed by atoms with van der Waals surface area (Å²) >= 11 is 0. The van der Waals surface area contributed by atoms with Gasteiger partial charge >= 0.3 is 0 Å². The Morgan fingerprint density at radius 1 is 1.19 bits per heavy atom. The van der Waals surface area contributed by atoms with Gasteiger partial charge in [0.15, 0.2) is 0 Å². The third-order valence-corrected chi connectivity index (χ3v) is 5.47. The molecule has 0 unspecified atom stereocenters. The number of carbonyl (C=O) groups is 1. The first-order chi connectivity index (χ1) is 13.2. The number of hydrogen-bond donors (Lipinski definition) is 1. The maximum absolute atomic E-state index is 12.9. The lowest BCUT2D eigenvalue weighted by Gasteiger charge is -2.37. The Hall–Kier alpha value is -2.73. The fourth-order valence-corrected chi connectivity index (χ4v) is 3.82. The summed E-state index contributed by atoms with van der Waals surface area (Å²) in [6.45, 7) is 3.07. The summed E-state index contributed by atoms with van der Waals surface area (Å²) in [5, 5.41) is 10.7. The smallest absolute Gasteiger partial charge is 0.253 e. The van der Waals surface area contributed by atoms with Crippen molar-refractivity contribution in [1.82, 2.24) is 25.2 Å². The van der Waals surface area contributed by atoms with Crippen LogP contribution in [0.25, 0.3) is 11.0 Å². The minimum atomic E-state index is 0.0507. The van der Waals surface area contributed by atoms with E-state index >= 15 is 0 Å². The summed E-state index contributed by atoms with van der Waals surface area (Å²) < 4.78 is 0. The molecule has 1 fully saturated rings. The second kappa shape index (κ2) is 7.88. The molecule has 3 aromatic rings. The molecule has 1 atom stereocenters. The van der Waals surface area contributed by atoms with Crippen LogP contribution >= 0.6 is 0 Å². The van der Waals surface area contributed by atoms with Crippen LogP contribution in [0.2, 0.25) is 0 Å². The first-order valence-corrected chi connectivity index (χ1v) is 9.55. The van der Waals surface area contributed by atoms with Crippen molar-refractivity contribution in [2.45, 2.75) is 25.3 Å². The molecule has 4 rings (SSSR count). The Kier molecular flexibility index (Phi) is 5.16. The Labute approximate surface area is 159 Å². The van der Waals surface area contributed by atoms with Crippen molar-refractivity contribution in [2.24, 2.45) is 0 Å². The average Bonchev–Trinajstić information content (AvgIpc) is 3.20. The second-order valence-electron chi connectivity index (χ2n) is 7.28. The number of aromatic nitrogens is 3. The lowest BCUT2D eigenvalue weighted by molar-refractivity contribution is 0.0619. The predicted octanol–water partition coefficient (Wildman–Crippen LogP) is 2.74. The standard InChI is InChI=1S/C21H25N5O/c1-25(21(27)17-9-10-19-20(14-17)23-24-22-19)18-8-5-12-26(15-18)13-11-16-6-3-2-4-7-16/h2-4,6-7,9-10,14,18H,5,8,11-13,15H2,1H3,(H,22,23,24)/t18-/m1/s1. The molecule has 1 N–H and O–H groups in total. The lowest BCUT2D eigenvalue weighted by atomic mass is 10.0. The summed E-state index contributed by atoms with van der Waals surface area (Å²) in [5.74, 6) is 0.0507. The molecule has 1 aliphatic rings. The minimum Gasteiger partial charge on any atom is -0.337 e. The first kappa shape index (κ1) is 17.7. The van der Waals surface area contributed by atoms with E-state index in [1.165, 1.54) is 5.56 Å². The van der Waals surface area contributed by atoms with E-state index in [0.717, 1.165) is 49.9 Å². The van der Waals surface area contributed by atoms with Crippen LogP contribution < -0.4 is 0 Å². The van der Waals surface area contributed by atoms with E-state index in [1.54, 1.807) is 0 Å². The molecule has 0 bridgehead atoms. The maximum Gasteiger partial charge on any atom is 0.253 e. The van der Waals surface area contributed by atoms with Gasteiger partial charge in [-0.1, -0.05) is 30.3 Å². The van der Waals surface area contributed by atoms with Crippen molar-refractivity contribution in [3.8, 4) is 0 Å². The van der Waals surface area contributed by atoms with Gasteiger partial charge in [0.05, 0.1) is 0 Å². The number of amides is 1. The van der Waals surface area contributed by atoms with Crippen molar-refractivity contribution in [1.29, 1.82) is 0 Å². The number of likely N-dealkylation sites (tertiary alicyclic amines) is 1. The van der Waals surface area contributed by atoms with Crippen LogP contribution in [-0.2, 0) is 6.42 Å². The van der Waals surface area contributed by atoms with Crippen LogP contribution in [-0.4, -0.2) is 63.8 Å². The quantitative estimate of drug-likeness (QED) is 0.757. The van der Waals surface area contributed by atoms with E-state index in [0.29, 0.717) is 5.56 Å². The van der Waals surface area contributed by atoms with Gasteiger partial charge < -0.3 is 9.80 Å². The second-order valence-corrected chi connectivity index (χ2v) is 7.28. The number of aromatic amines is 1. The molecule has 0 aliphatic carbocycles. The zero-order valence-electron chi connectivity index (χ0n) is 15.6. The summed E-state index contributed by atoms with van der Waals surface area (Å²) in [5.41, 5.74) is 3.53. The molecule has 1 aromatic heterocycles. The third kappa shape index (κ3) is 4.01. The van der Waals surface area contributed by atoms with Gasteiger partial charge in [-0.25, -0.2) is 0 Å². The SMILES string of the molecule is CN(C(=O)c1ccc2n[nH]nc2c1)[C@@H]1CCCN(CCc2ccccc2)C1. The van der Waals surface area contributed by atoms with Gasteiger partial charge in [0.25, 0.3) is 5.91 Å². The van der Waals surface area contributed by atoms with Crippen molar-refractivity contribution < 1.29 is 4.79 Å². The van der Waals surface area contributed by atoms with Crippen LogP contribution in [0.4, 0.5) is 0 Å². The molecule has 2 heterocycles. The molecule has 6 nitrogen and oxygen atoms in total.